The molecule has 1 N–H and O–H groups in total. The van der Waals surface area contributed by atoms with Crippen molar-refractivity contribution in [3.05, 3.63) is 41.7 Å². The van der Waals surface area contributed by atoms with Crippen LogP contribution in [0.5, 0.6) is 0 Å². The van der Waals surface area contributed by atoms with E-state index >= 15 is 0 Å². The van der Waals surface area contributed by atoms with Crippen LogP contribution in [-0.4, -0.2) is 63.9 Å². The Kier molecular flexibility index (Phi) is 6.77. The number of likely N-dealkylation sites (tertiary alicyclic amines) is 1. The fourth-order valence-corrected chi connectivity index (χ4v) is 5.21. The number of amides is 3. The van der Waals surface area contributed by atoms with Gasteiger partial charge in [0.2, 0.25) is 11.8 Å². The molecule has 4 rings (SSSR count). The largest absolute Gasteiger partial charge is 0.360 e. The molecule has 0 radical (unpaired) electrons. The Morgan fingerprint density at radius 3 is 2.50 bits per heavy atom. The average Bonchev–Trinajstić information content (AvgIpc) is 3.22. The van der Waals surface area contributed by atoms with Crippen molar-refractivity contribution in [3.8, 4) is 11.3 Å². The van der Waals surface area contributed by atoms with Gasteiger partial charge in [-0.1, -0.05) is 56.3 Å². The van der Waals surface area contributed by atoms with Crippen LogP contribution in [0, 0.1) is 12.8 Å². The van der Waals surface area contributed by atoms with E-state index in [1.165, 1.54) is 0 Å². The summed E-state index contributed by atoms with van der Waals surface area (Å²) in [6, 6.07) is 9.02. The van der Waals surface area contributed by atoms with Crippen molar-refractivity contribution in [2.24, 2.45) is 5.92 Å². The lowest BCUT2D eigenvalue weighted by Crippen LogP contribution is -2.73. The van der Waals surface area contributed by atoms with Gasteiger partial charge >= 0.3 is 0 Å². The molecule has 0 bridgehead atoms. The van der Waals surface area contributed by atoms with E-state index in [1.807, 2.05) is 37.3 Å². The summed E-state index contributed by atoms with van der Waals surface area (Å²) in [5, 5.41) is 7.14. The monoisotopic (exact) mass is 466 g/mol. The lowest BCUT2D eigenvalue weighted by molar-refractivity contribution is -0.161. The van der Waals surface area contributed by atoms with Gasteiger partial charge in [-0.3, -0.25) is 14.4 Å². The summed E-state index contributed by atoms with van der Waals surface area (Å²) < 4.78 is 5.38. The third-order valence-electron chi connectivity index (χ3n) is 6.96. The summed E-state index contributed by atoms with van der Waals surface area (Å²) in [5.41, 5.74) is 0.897. The van der Waals surface area contributed by atoms with Crippen LogP contribution in [0.4, 0.5) is 0 Å². The second-order valence-electron chi connectivity index (χ2n) is 9.80. The van der Waals surface area contributed by atoms with Crippen LogP contribution < -0.4 is 5.32 Å². The summed E-state index contributed by atoms with van der Waals surface area (Å²) >= 11 is 0. The molecule has 2 aromatic rings. The summed E-state index contributed by atoms with van der Waals surface area (Å²) in [7, 11) is 0. The van der Waals surface area contributed by atoms with Gasteiger partial charge in [-0.25, -0.2) is 0 Å². The zero-order chi connectivity index (χ0) is 24.5. The summed E-state index contributed by atoms with van der Waals surface area (Å²) in [4.78, 5) is 43.7. The van der Waals surface area contributed by atoms with E-state index in [4.69, 9.17) is 4.52 Å². The normalized spacial score (nSPS) is 20.2. The number of aryl methyl sites for hydroxylation is 1. The fraction of sp³-hybridized carbons (Fsp3) is 0.538. The molecular weight excluding hydrogens is 432 g/mol. The molecule has 2 aliphatic heterocycles. The maximum absolute atomic E-state index is 13.5. The predicted octanol–water partition coefficient (Wildman–Crippen LogP) is 3.41. The number of hydrogen-bond acceptors (Lipinski definition) is 5. The first-order chi connectivity index (χ1) is 16.3. The molecule has 34 heavy (non-hydrogen) atoms. The SMILES string of the molecule is CCCN1C(=O)C(CC(C)C)NC(=O)C12CCN(C(=O)c1c(-c3ccccc3)noc1C)CC2. The number of hydrogen-bond donors (Lipinski definition) is 1. The number of aromatic nitrogens is 1. The molecule has 2 fully saturated rings. The molecule has 3 amide bonds. The molecule has 3 heterocycles. The fourth-order valence-electron chi connectivity index (χ4n) is 5.21. The summed E-state index contributed by atoms with van der Waals surface area (Å²) in [5.74, 6) is 0.519. The molecular formula is C26H34N4O4. The van der Waals surface area contributed by atoms with Crippen molar-refractivity contribution in [1.82, 2.24) is 20.3 Å². The van der Waals surface area contributed by atoms with E-state index in [-0.39, 0.29) is 17.7 Å². The standard InChI is InChI=1S/C26H34N4O4/c1-5-13-30-23(31)20(16-17(2)3)27-25(33)26(30)11-14-29(15-12-26)24(32)21-18(4)34-28-22(21)19-9-7-6-8-10-19/h6-10,17,20H,5,11-16H2,1-4H3,(H,27,33). The number of nitrogens with zero attached hydrogens (tertiary/aromatic N) is 3. The van der Waals surface area contributed by atoms with Crippen molar-refractivity contribution in [1.29, 1.82) is 0 Å². The van der Waals surface area contributed by atoms with Crippen molar-refractivity contribution in [2.45, 2.75) is 65.0 Å². The van der Waals surface area contributed by atoms with Gasteiger partial charge in [-0.15, -0.1) is 0 Å². The highest BCUT2D eigenvalue weighted by atomic mass is 16.5. The molecule has 1 unspecified atom stereocenters. The van der Waals surface area contributed by atoms with Crippen LogP contribution in [0.25, 0.3) is 11.3 Å². The molecule has 2 saturated heterocycles. The number of carbonyl (C=O) groups is 3. The second kappa shape index (κ2) is 9.60. The van der Waals surface area contributed by atoms with Gasteiger partial charge in [0.15, 0.2) is 0 Å². The molecule has 0 aliphatic carbocycles. The maximum atomic E-state index is 13.5. The minimum atomic E-state index is -0.900. The zero-order valence-electron chi connectivity index (χ0n) is 20.5. The van der Waals surface area contributed by atoms with Crippen LogP contribution in [0.15, 0.2) is 34.9 Å². The van der Waals surface area contributed by atoms with E-state index < -0.39 is 11.6 Å². The Morgan fingerprint density at radius 1 is 1.21 bits per heavy atom. The van der Waals surface area contributed by atoms with Crippen molar-refractivity contribution < 1.29 is 18.9 Å². The first kappa shape index (κ1) is 24.0. The van der Waals surface area contributed by atoms with Gasteiger partial charge in [-0.2, -0.15) is 0 Å². The first-order valence-corrected chi connectivity index (χ1v) is 12.2. The van der Waals surface area contributed by atoms with Crippen LogP contribution >= 0.6 is 0 Å². The smallest absolute Gasteiger partial charge is 0.259 e. The Balaban J connectivity index is 1.55. The number of piperazine rings is 1. The first-order valence-electron chi connectivity index (χ1n) is 12.2. The van der Waals surface area contributed by atoms with E-state index in [2.05, 4.69) is 24.3 Å². The third kappa shape index (κ3) is 4.21. The van der Waals surface area contributed by atoms with Gasteiger partial charge in [0.05, 0.1) is 0 Å². The highest BCUT2D eigenvalue weighted by Crippen LogP contribution is 2.35. The number of piperidine rings is 1. The lowest BCUT2D eigenvalue weighted by atomic mass is 9.80. The van der Waals surface area contributed by atoms with E-state index in [9.17, 15) is 14.4 Å². The van der Waals surface area contributed by atoms with E-state index in [0.717, 1.165) is 12.0 Å². The summed E-state index contributed by atoms with van der Waals surface area (Å²) in [6.45, 7) is 9.16. The van der Waals surface area contributed by atoms with Gasteiger partial charge in [-0.05, 0) is 38.5 Å². The zero-order valence-corrected chi connectivity index (χ0v) is 20.5. The molecule has 8 nitrogen and oxygen atoms in total. The Bertz CT molecular complexity index is 1050. The number of carbonyl (C=O) groups excluding carboxylic acids is 3. The van der Waals surface area contributed by atoms with Crippen LogP contribution in [0.1, 0.15) is 62.6 Å². The van der Waals surface area contributed by atoms with Crippen LogP contribution in [0.2, 0.25) is 0 Å². The van der Waals surface area contributed by atoms with Gasteiger partial charge in [0.1, 0.15) is 28.6 Å². The van der Waals surface area contributed by atoms with Crippen molar-refractivity contribution in [2.75, 3.05) is 19.6 Å². The Hall–Kier alpha value is -3.16. The Morgan fingerprint density at radius 2 is 1.88 bits per heavy atom. The van der Waals surface area contributed by atoms with E-state index in [0.29, 0.717) is 61.8 Å². The van der Waals surface area contributed by atoms with Crippen molar-refractivity contribution >= 4 is 17.7 Å². The highest BCUT2D eigenvalue weighted by molar-refractivity contribution is 6.02. The number of nitrogens with one attached hydrogen (secondary N) is 1. The maximum Gasteiger partial charge on any atom is 0.259 e. The van der Waals surface area contributed by atoms with Crippen molar-refractivity contribution in [3.63, 3.8) is 0 Å². The van der Waals surface area contributed by atoms with Gasteiger partial charge in [0, 0.05) is 25.2 Å². The van der Waals surface area contributed by atoms with E-state index in [1.54, 1.807) is 16.7 Å². The minimum Gasteiger partial charge on any atom is -0.360 e. The molecule has 182 valence electrons. The average molecular weight is 467 g/mol. The highest BCUT2D eigenvalue weighted by Gasteiger charge is 2.53. The molecule has 1 aromatic carbocycles. The minimum absolute atomic E-state index is 0.00355. The van der Waals surface area contributed by atoms with Crippen LogP contribution in [0.3, 0.4) is 0 Å². The number of benzene rings is 1. The van der Waals surface area contributed by atoms with Gasteiger partial charge < -0.3 is 19.6 Å². The second-order valence-corrected chi connectivity index (χ2v) is 9.80. The Labute approximate surface area is 200 Å². The molecule has 2 aliphatic rings. The summed E-state index contributed by atoms with van der Waals surface area (Å²) in [6.07, 6.45) is 2.23. The lowest BCUT2D eigenvalue weighted by Gasteiger charge is -2.51. The quantitative estimate of drug-likeness (QED) is 0.704. The number of rotatable bonds is 6. The molecule has 0 saturated carbocycles. The predicted molar refractivity (Wildman–Crippen MR) is 128 cm³/mol. The topological polar surface area (TPSA) is 95.8 Å². The van der Waals surface area contributed by atoms with Crippen LogP contribution in [-0.2, 0) is 9.59 Å². The molecule has 1 atom stereocenters. The molecule has 8 heteroatoms. The van der Waals surface area contributed by atoms with Gasteiger partial charge in [0.25, 0.3) is 5.91 Å². The molecule has 1 aromatic heterocycles. The molecule has 1 spiro atoms. The third-order valence-corrected chi connectivity index (χ3v) is 6.96.